The van der Waals surface area contributed by atoms with E-state index in [9.17, 15) is 0 Å². The summed E-state index contributed by atoms with van der Waals surface area (Å²) in [5.74, 6) is 3.04. The first-order valence-electron chi connectivity index (χ1n) is 9.37. The van der Waals surface area contributed by atoms with Crippen LogP contribution < -0.4 is 0 Å². The van der Waals surface area contributed by atoms with Gasteiger partial charge in [0.2, 0.25) is 0 Å². The van der Waals surface area contributed by atoms with Crippen molar-refractivity contribution in [3.05, 3.63) is 46.8 Å². The number of nitrogens with zero attached hydrogens (tertiary/aromatic N) is 2. The number of allylic oxidation sites excluding steroid dienone is 2. The van der Waals surface area contributed by atoms with Gasteiger partial charge in [0.15, 0.2) is 0 Å². The molecule has 0 N–H and O–H groups in total. The quantitative estimate of drug-likeness (QED) is 0.755. The Labute approximate surface area is 144 Å². The number of aromatic nitrogens is 2. The highest BCUT2D eigenvalue weighted by Gasteiger charge is 2.47. The summed E-state index contributed by atoms with van der Waals surface area (Å²) < 4.78 is 2.42. The van der Waals surface area contributed by atoms with Crippen LogP contribution in [-0.2, 0) is 18.3 Å². The second-order valence-electron chi connectivity index (χ2n) is 8.68. The first kappa shape index (κ1) is 14.5. The van der Waals surface area contributed by atoms with Crippen LogP contribution in [0.25, 0.3) is 17.1 Å². The van der Waals surface area contributed by atoms with E-state index in [2.05, 4.69) is 63.6 Å². The van der Waals surface area contributed by atoms with Crippen LogP contribution in [0.3, 0.4) is 0 Å². The number of hydrogen-bond donors (Lipinski definition) is 0. The normalized spacial score (nSPS) is 29.9. The predicted octanol–water partition coefficient (Wildman–Crippen LogP) is 5.07. The number of hydrogen-bond acceptors (Lipinski definition) is 1. The van der Waals surface area contributed by atoms with Crippen molar-refractivity contribution < 1.29 is 0 Å². The van der Waals surface area contributed by atoms with Crippen molar-refractivity contribution in [1.29, 1.82) is 0 Å². The molecule has 2 bridgehead atoms. The van der Waals surface area contributed by atoms with E-state index in [1.807, 2.05) is 0 Å². The summed E-state index contributed by atoms with van der Waals surface area (Å²) in [4.78, 5) is 5.07. The molecule has 1 aromatic heterocycles. The molecule has 2 heteroatoms. The fourth-order valence-corrected chi connectivity index (χ4v) is 5.33. The Hall–Kier alpha value is -1.83. The molecule has 0 radical (unpaired) electrons. The van der Waals surface area contributed by atoms with Gasteiger partial charge in [0.1, 0.15) is 5.82 Å². The summed E-state index contributed by atoms with van der Waals surface area (Å²) in [6, 6.07) is 6.81. The average molecular weight is 318 g/mol. The Bertz CT molecular complexity index is 899. The smallest absolute Gasteiger partial charge is 0.144 e. The Morgan fingerprint density at radius 1 is 1.25 bits per heavy atom. The standard InChI is InChI=1S/C22H26N2/c1-12(2)18-14(4)20(18)24-11-16-9-13(3)22(5)10-15-7-6-8-17(19(15)22)21(24)23-16/h6-8,11-14H,9-10H2,1-5H3. The van der Waals surface area contributed by atoms with Gasteiger partial charge in [-0.1, -0.05) is 52.8 Å². The van der Waals surface area contributed by atoms with Crippen molar-refractivity contribution in [3.8, 4) is 11.4 Å². The second-order valence-corrected chi connectivity index (χ2v) is 8.68. The summed E-state index contributed by atoms with van der Waals surface area (Å²) in [6.45, 7) is 11.8. The summed E-state index contributed by atoms with van der Waals surface area (Å²) in [6.07, 6.45) is 4.62. The van der Waals surface area contributed by atoms with E-state index in [-0.39, 0.29) is 0 Å². The molecule has 2 nitrogen and oxygen atoms in total. The Morgan fingerprint density at radius 3 is 2.75 bits per heavy atom. The van der Waals surface area contributed by atoms with Gasteiger partial charge in [-0.25, -0.2) is 4.98 Å². The Kier molecular flexibility index (Phi) is 2.67. The summed E-state index contributed by atoms with van der Waals surface area (Å²) >= 11 is 0. The van der Waals surface area contributed by atoms with Gasteiger partial charge in [0.05, 0.1) is 5.69 Å². The zero-order chi connectivity index (χ0) is 16.8. The molecular formula is C22H26N2. The second kappa shape index (κ2) is 4.41. The van der Waals surface area contributed by atoms with Gasteiger partial charge in [0, 0.05) is 28.8 Å². The lowest BCUT2D eigenvalue weighted by atomic mass is 9.56. The van der Waals surface area contributed by atoms with Crippen LogP contribution in [-0.4, -0.2) is 9.55 Å². The van der Waals surface area contributed by atoms with Crippen LogP contribution in [0.2, 0.25) is 0 Å². The molecule has 2 heterocycles. The van der Waals surface area contributed by atoms with Gasteiger partial charge in [-0.3, -0.25) is 0 Å². The maximum Gasteiger partial charge on any atom is 0.144 e. The zero-order valence-electron chi connectivity index (χ0n) is 15.4. The molecule has 0 saturated carbocycles. The minimum atomic E-state index is 0.312. The van der Waals surface area contributed by atoms with Crippen LogP contribution in [0.5, 0.6) is 0 Å². The fraction of sp³-hybridized carbons (Fsp3) is 0.500. The molecule has 1 aliphatic heterocycles. The molecule has 2 aromatic rings. The van der Waals surface area contributed by atoms with Gasteiger partial charge in [-0.15, -0.1) is 0 Å². The minimum Gasteiger partial charge on any atom is -0.303 e. The lowest BCUT2D eigenvalue weighted by Gasteiger charge is -2.47. The van der Waals surface area contributed by atoms with Crippen LogP contribution in [0.4, 0.5) is 0 Å². The highest BCUT2D eigenvalue weighted by atomic mass is 15.1. The number of imidazole rings is 1. The van der Waals surface area contributed by atoms with Gasteiger partial charge in [0.25, 0.3) is 0 Å². The largest absolute Gasteiger partial charge is 0.303 e. The van der Waals surface area contributed by atoms with E-state index in [4.69, 9.17) is 4.98 Å². The van der Waals surface area contributed by atoms with Crippen LogP contribution >= 0.6 is 0 Å². The summed E-state index contributed by atoms with van der Waals surface area (Å²) in [5.41, 5.74) is 9.13. The monoisotopic (exact) mass is 318 g/mol. The van der Waals surface area contributed by atoms with Crippen LogP contribution in [0.1, 0.15) is 51.4 Å². The molecule has 3 atom stereocenters. The third-order valence-electron chi connectivity index (χ3n) is 6.85. The molecule has 0 saturated heterocycles. The number of rotatable bonds is 2. The van der Waals surface area contributed by atoms with Crippen molar-refractivity contribution in [3.63, 3.8) is 0 Å². The Morgan fingerprint density at radius 2 is 2.04 bits per heavy atom. The first-order valence-corrected chi connectivity index (χ1v) is 9.37. The molecule has 0 amide bonds. The van der Waals surface area contributed by atoms with Gasteiger partial charge < -0.3 is 4.57 Å². The molecule has 0 fully saturated rings. The maximum absolute atomic E-state index is 5.07. The third-order valence-corrected chi connectivity index (χ3v) is 6.85. The zero-order valence-corrected chi connectivity index (χ0v) is 15.4. The molecule has 3 unspecified atom stereocenters. The van der Waals surface area contributed by atoms with E-state index in [1.54, 1.807) is 11.1 Å². The number of fused-ring (bicyclic) bond motifs is 3. The fourth-order valence-electron chi connectivity index (χ4n) is 5.33. The van der Waals surface area contributed by atoms with E-state index < -0.39 is 0 Å². The van der Waals surface area contributed by atoms with E-state index in [0.29, 0.717) is 23.2 Å². The van der Waals surface area contributed by atoms with Crippen molar-refractivity contribution in [2.45, 2.75) is 52.9 Å². The molecule has 124 valence electrons. The van der Waals surface area contributed by atoms with Crippen LogP contribution in [0.15, 0.2) is 30.0 Å². The Balaban J connectivity index is 1.76. The van der Waals surface area contributed by atoms with Crippen molar-refractivity contribution in [1.82, 2.24) is 9.55 Å². The van der Waals surface area contributed by atoms with Gasteiger partial charge in [-0.2, -0.15) is 0 Å². The van der Waals surface area contributed by atoms with Crippen molar-refractivity contribution >= 4 is 5.70 Å². The lowest BCUT2D eigenvalue weighted by Crippen LogP contribution is -2.43. The van der Waals surface area contributed by atoms with E-state index >= 15 is 0 Å². The van der Waals surface area contributed by atoms with Gasteiger partial charge >= 0.3 is 0 Å². The molecule has 0 spiro atoms. The lowest BCUT2D eigenvalue weighted by molar-refractivity contribution is 0.270. The highest BCUT2D eigenvalue weighted by Crippen LogP contribution is 2.54. The molecular weight excluding hydrogens is 292 g/mol. The van der Waals surface area contributed by atoms with E-state index in [0.717, 1.165) is 6.42 Å². The molecule has 2 aliphatic carbocycles. The maximum atomic E-state index is 5.07. The third kappa shape index (κ3) is 1.64. The molecule has 5 rings (SSSR count). The summed E-state index contributed by atoms with van der Waals surface area (Å²) in [7, 11) is 0. The van der Waals surface area contributed by atoms with Crippen molar-refractivity contribution in [2.75, 3.05) is 0 Å². The van der Waals surface area contributed by atoms with Gasteiger partial charge in [-0.05, 0) is 41.4 Å². The SMILES string of the molecule is CC(C)C1=C(n2cc3nc2-c2cccc4c2C(C)(C4)C(C)C3)C1C. The molecule has 3 aliphatic rings. The predicted molar refractivity (Wildman–Crippen MR) is 98.8 cm³/mol. The average Bonchev–Trinajstić information content (AvgIpc) is 3.00. The highest BCUT2D eigenvalue weighted by molar-refractivity contribution is 5.79. The first-order chi connectivity index (χ1) is 11.4. The molecule has 1 aromatic carbocycles. The summed E-state index contributed by atoms with van der Waals surface area (Å²) in [5, 5.41) is 0. The number of benzene rings is 1. The van der Waals surface area contributed by atoms with E-state index in [1.165, 1.54) is 34.8 Å². The topological polar surface area (TPSA) is 17.8 Å². The van der Waals surface area contributed by atoms with Crippen LogP contribution in [0, 0.1) is 17.8 Å². The molecule has 24 heavy (non-hydrogen) atoms. The minimum absolute atomic E-state index is 0.312. The van der Waals surface area contributed by atoms with Crippen molar-refractivity contribution in [2.24, 2.45) is 17.8 Å².